The Morgan fingerprint density at radius 1 is 1.33 bits per heavy atom. The molecule has 0 unspecified atom stereocenters. The average Bonchev–Trinajstić information content (AvgIpc) is 2.54. The lowest BCUT2D eigenvalue weighted by molar-refractivity contribution is -0.134. The largest absolute Gasteiger partial charge is 0.341 e. The Balaban J connectivity index is 1.81. The van der Waals surface area contributed by atoms with Crippen molar-refractivity contribution < 1.29 is 4.79 Å². The summed E-state index contributed by atoms with van der Waals surface area (Å²) in [4.78, 5) is 16.5. The molecule has 1 aliphatic heterocycles. The van der Waals surface area contributed by atoms with Crippen LogP contribution in [0.3, 0.4) is 0 Å². The van der Waals surface area contributed by atoms with E-state index in [0.29, 0.717) is 12.5 Å². The van der Waals surface area contributed by atoms with Crippen molar-refractivity contribution in [3.05, 3.63) is 35.9 Å². The SMILES string of the molecule is CC[C@H](N)C(=O)N(C)C1CCN(Cc2ccccc2)CC1. The van der Waals surface area contributed by atoms with Crippen molar-refractivity contribution in [3.63, 3.8) is 0 Å². The molecule has 116 valence electrons. The lowest BCUT2D eigenvalue weighted by Gasteiger charge is -2.37. The van der Waals surface area contributed by atoms with E-state index in [1.54, 1.807) is 0 Å². The predicted octanol–water partition coefficient (Wildman–Crippen LogP) is 1.85. The molecule has 0 bridgehead atoms. The Hall–Kier alpha value is -1.39. The number of carbonyl (C=O) groups is 1. The topological polar surface area (TPSA) is 49.6 Å². The van der Waals surface area contributed by atoms with Gasteiger partial charge in [0.15, 0.2) is 0 Å². The van der Waals surface area contributed by atoms with Crippen molar-refractivity contribution in [2.75, 3.05) is 20.1 Å². The average molecular weight is 289 g/mol. The molecular weight excluding hydrogens is 262 g/mol. The van der Waals surface area contributed by atoms with Gasteiger partial charge in [-0.1, -0.05) is 37.3 Å². The van der Waals surface area contributed by atoms with E-state index in [-0.39, 0.29) is 11.9 Å². The number of piperidine rings is 1. The van der Waals surface area contributed by atoms with E-state index < -0.39 is 0 Å². The predicted molar refractivity (Wildman–Crippen MR) is 85.8 cm³/mol. The lowest BCUT2D eigenvalue weighted by Crippen LogP contribution is -2.50. The summed E-state index contributed by atoms with van der Waals surface area (Å²) in [5.41, 5.74) is 7.21. The van der Waals surface area contributed by atoms with Crippen molar-refractivity contribution in [3.8, 4) is 0 Å². The monoisotopic (exact) mass is 289 g/mol. The highest BCUT2D eigenvalue weighted by Gasteiger charge is 2.27. The van der Waals surface area contributed by atoms with Crippen molar-refractivity contribution in [1.29, 1.82) is 0 Å². The second kappa shape index (κ2) is 7.57. The summed E-state index contributed by atoms with van der Waals surface area (Å²) >= 11 is 0. The van der Waals surface area contributed by atoms with Crippen LogP contribution in [0, 0.1) is 0 Å². The summed E-state index contributed by atoms with van der Waals surface area (Å²) in [6, 6.07) is 10.5. The Morgan fingerprint density at radius 3 is 2.52 bits per heavy atom. The molecule has 0 aliphatic carbocycles. The van der Waals surface area contributed by atoms with Gasteiger partial charge in [-0.3, -0.25) is 9.69 Å². The third kappa shape index (κ3) is 4.29. The second-order valence-corrected chi connectivity index (χ2v) is 5.96. The Kier molecular flexibility index (Phi) is 5.76. The first-order valence-corrected chi connectivity index (χ1v) is 7.90. The number of likely N-dealkylation sites (tertiary alicyclic amines) is 1. The summed E-state index contributed by atoms with van der Waals surface area (Å²) in [5.74, 6) is 0.0824. The highest BCUT2D eigenvalue weighted by atomic mass is 16.2. The molecule has 21 heavy (non-hydrogen) atoms. The van der Waals surface area contributed by atoms with Crippen molar-refractivity contribution >= 4 is 5.91 Å². The number of hydrogen-bond donors (Lipinski definition) is 1. The minimum absolute atomic E-state index is 0.0824. The Morgan fingerprint density at radius 2 is 1.95 bits per heavy atom. The van der Waals surface area contributed by atoms with Gasteiger partial charge in [0.05, 0.1) is 6.04 Å². The van der Waals surface area contributed by atoms with Gasteiger partial charge < -0.3 is 10.6 Å². The normalized spacial score (nSPS) is 18.4. The van der Waals surface area contributed by atoms with Crippen LogP contribution in [0.4, 0.5) is 0 Å². The van der Waals surface area contributed by atoms with Crippen LogP contribution in [0.1, 0.15) is 31.7 Å². The second-order valence-electron chi connectivity index (χ2n) is 5.96. The minimum atomic E-state index is -0.350. The molecule has 0 radical (unpaired) electrons. The molecule has 1 heterocycles. The van der Waals surface area contributed by atoms with Crippen LogP contribution in [-0.2, 0) is 11.3 Å². The van der Waals surface area contributed by atoms with Gasteiger partial charge in [0.2, 0.25) is 5.91 Å². The zero-order valence-electron chi connectivity index (χ0n) is 13.2. The number of amides is 1. The molecule has 0 saturated carbocycles. The van der Waals surface area contributed by atoms with Crippen LogP contribution >= 0.6 is 0 Å². The summed E-state index contributed by atoms with van der Waals surface area (Å²) in [7, 11) is 1.90. The number of carbonyl (C=O) groups excluding carboxylic acids is 1. The molecule has 1 saturated heterocycles. The van der Waals surface area contributed by atoms with Crippen LogP contribution in [0.15, 0.2) is 30.3 Å². The van der Waals surface area contributed by atoms with Crippen LogP contribution in [0.25, 0.3) is 0 Å². The molecule has 1 atom stereocenters. The summed E-state index contributed by atoms with van der Waals surface area (Å²) < 4.78 is 0. The zero-order chi connectivity index (χ0) is 15.2. The summed E-state index contributed by atoms with van der Waals surface area (Å²) in [6.45, 7) is 5.04. The van der Waals surface area contributed by atoms with Gasteiger partial charge in [-0.2, -0.15) is 0 Å². The van der Waals surface area contributed by atoms with E-state index in [1.807, 2.05) is 24.9 Å². The summed E-state index contributed by atoms with van der Waals surface area (Å²) in [5, 5.41) is 0. The third-order valence-electron chi connectivity index (χ3n) is 4.46. The van der Waals surface area contributed by atoms with Gasteiger partial charge >= 0.3 is 0 Å². The molecule has 4 nitrogen and oxygen atoms in total. The Bertz CT molecular complexity index is 441. The van der Waals surface area contributed by atoms with Gasteiger partial charge in [-0.25, -0.2) is 0 Å². The van der Waals surface area contributed by atoms with E-state index in [1.165, 1.54) is 5.56 Å². The minimum Gasteiger partial charge on any atom is -0.341 e. The fourth-order valence-corrected chi connectivity index (χ4v) is 2.92. The molecule has 0 aromatic heterocycles. The Labute approximate surface area is 127 Å². The third-order valence-corrected chi connectivity index (χ3v) is 4.46. The molecule has 1 amide bonds. The quantitative estimate of drug-likeness (QED) is 0.900. The lowest BCUT2D eigenvalue weighted by atomic mass is 10.0. The molecule has 2 rings (SSSR count). The molecule has 1 aliphatic rings. The molecule has 2 N–H and O–H groups in total. The van der Waals surface area contributed by atoms with E-state index in [9.17, 15) is 4.79 Å². The maximum Gasteiger partial charge on any atom is 0.239 e. The van der Waals surface area contributed by atoms with Gasteiger partial charge in [-0.05, 0) is 24.8 Å². The number of likely N-dealkylation sites (N-methyl/N-ethyl adjacent to an activating group) is 1. The number of nitrogens with zero attached hydrogens (tertiary/aromatic N) is 2. The van der Waals surface area contributed by atoms with E-state index in [2.05, 4.69) is 29.2 Å². The first-order chi connectivity index (χ1) is 10.1. The zero-order valence-corrected chi connectivity index (χ0v) is 13.2. The van der Waals surface area contributed by atoms with Crippen molar-refractivity contribution in [2.45, 2.75) is 44.8 Å². The highest BCUT2D eigenvalue weighted by Crippen LogP contribution is 2.18. The van der Waals surface area contributed by atoms with Crippen molar-refractivity contribution in [1.82, 2.24) is 9.80 Å². The molecular formula is C17H27N3O. The number of rotatable bonds is 5. The van der Waals surface area contributed by atoms with Gasteiger partial charge in [0.25, 0.3) is 0 Å². The van der Waals surface area contributed by atoms with Crippen molar-refractivity contribution in [2.24, 2.45) is 5.73 Å². The van der Waals surface area contributed by atoms with Gasteiger partial charge in [0, 0.05) is 32.7 Å². The highest BCUT2D eigenvalue weighted by molar-refractivity contribution is 5.81. The molecule has 0 spiro atoms. The molecule has 4 heteroatoms. The first-order valence-electron chi connectivity index (χ1n) is 7.90. The van der Waals surface area contributed by atoms with Crippen LogP contribution < -0.4 is 5.73 Å². The number of hydrogen-bond acceptors (Lipinski definition) is 3. The fraction of sp³-hybridized carbons (Fsp3) is 0.588. The standard InChI is InChI=1S/C17H27N3O/c1-3-16(18)17(21)19(2)15-9-11-20(12-10-15)13-14-7-5-4-6-8-14/h4-8,15-16H,3,9-13,18H2,1-2H3/t16-/m0/s1. The molecule has 1 fully saturated rings. The maximum absolute atomic E-state index is 12.1. The number of benzene rings is 1. The van der Waals surface area contributed by atoms with Crippen LogP contribution in [0.2, 0.25) is 0 Å². The molecule has 1 aromatic carbocycles. The fourth-order valence-electron chi connectivity index (χ4n) is 2.92. The van der Waals surface area contributed by atoms with E-state index in [0.717, 1.165) is 32.5 Å². The van der Waals surface area contributed by atoms with E-state index >= 15 is 0 Å². The van der Waals surface area contributed by atoms with Crippen LogP contribution in [0.5, 0.6) is 0 Å². The van der Waals surface area contributed by atoms with E-state index in [4.69, 9.17) is 5.73 Å². The number of nitrogens with two attached hydrogens (primary N) is 1. The van der Waals surface area contributed by atoms with Gasteiger partial charge in [-0.15, -0.1) is 0 Å². The smallest absolute Gasteiger partial charge is 0.239 e. The van der Waals surface area contributed by atoms with Crippen LogP contribution in [-0.4, -0.2) is 47.9 Å². The molecule has 1 aromatic rings. The van der Waals surface area contributed by atoms with Gasteiger partial charge in [0.1, 0.15) is 0 Å². The summed E-state index contributed by atoms with van der Waals surface area (Å²) in [6.07, 6.45) is 2.77. The first kappa shape index (κ1) is 16.0. The maximum atomic E-state index is 12.1.